The second-order valence-corrected chi connectivity index (χ2v) is 7.65. The lowest BCUT2D eigenvalue weighted by Crippen LogP contribution is -2.65. The third-order valence-corrected chi connectivity index (χ3v) is 5.36. The molecule has 0 bridgehead atoms. The average molecular weight is 386 g/mol. The summed E-state index contributed by atoms with van der Waals surface area (Å²) < 4.78 is 0. The number of urea groups is 1. The number of carbonyl (C=O) groups is 3. The van der Waals surface area contributed by atoms with Crippen LogP contribution < -0.4 is 21.7 Å². The Kier molecular flexibility index (Phi) is 7.01. The van der Waals surface area contributed by atoms with E-state index < -0.39 is 54.2 Å². The molecule has 8 N–H and O–H groups in total. The highest BCUT2D eigenvalue weighted by Gasteiger charge is 2.49. The number of hydrogen-bond donors (Lipinski definition) is 7. The van der Waals surface area contributed by atoms with Crippen molar-refractivity contribution in [2.45, 2.75) is 87.8 Å². The van der Waals surface area contributed by atoms with Crippen LogP contribution in [0, 0.1) is 0 Å². The van der Waals surface area contributed by atoms with Gasteiger partial charge in [-0.05, 0) is 19.8 Å². The van der Waals surface area contributed by atoms with Crippen molar-refractivity contribution in [3.63, 3.8) is 0 Å². The van der Waals surface area contributed by atoms with Gasteiger partial charge in [-0.3, -0.25) is 9.59 Å². The maximum absolute atomic E-state index is 12.3. The molecular formula is C17H30N4O6. The van der Waals surface area contributed by atoms with Gasteiger partial charge in [0.1, 0.15) is 17.7 Å². The van der Waals surface area contributed by atoms with Crippen LogP contribution in [0.25, 0.3) is 0 Å². The van der Waals surface area contributed by atoms with Crippen molar-refractivity contribution in [2.75, 3.05) is 0 Å². The van der Waals surface area contributed by atoms with Crippen LogP contribution in [-0.4, -0.2) is 69.1 Å². The topological polar surface area (TPSA) is 174 Å². The predicted octanol–water partition coefficient (Wildman–Crippen LogP) is -1.78. The van der Waals surface area contributed by atoms with Crippen molar-refractivity contribution < 1.29 is 29.7 Å². The fourth-order valence-electron chi connectivity index (χ4n) is 3.67. The molecule has 10 nitrogen and oxygen atoms in total. The summed E-state index contributed by atoms with van der Waals surface area (Å²) in [4.78, 5) is 35.7. The van der Waals surface area contributed by atoms with Gasteiger partial charge in [0.05, 0.1) is 12.1 Å². The molecule has 27 heavy (non-hydrogen) atoms. The summed E-state index contributed by atoms with van der Waals surface area (Å²) in [5.74, 6) is -1.66. The maximum atomic E-state index is 12.3. The predicted molar refractivity (Wildman–Crippen MR) is 95.3 cm³/mol. The number of nitrogens with two attached hydrogens (primary N) is 1. The molecule has 0 aromatic rings. The smallest absolute Gasteiger partial charge is 0.315 e. The van der Waals surface area contributed by atoms with E-state index in [1.807, 2.05) is 0 Å². The van der Waals surface area contributed by atoms with Gasteiger partial charge in [-0.1, -0.05) is 19.3 Å². The number of primary amides is 1. The van der Waals surface area contributed by atoms with E-state index in [9.17, 15) is 29.7 Å². The highest BCUT2D eigenvalue weighted by molar-refractivity contribution is 5.90. The molecule has 5 atom stereocenters. The van der Waals surface area contributed by atoms with Crippen molar-refractivity contribution in [2.24, 2.45) is 5.73 Å². The zero-order valence-corrected chi connectivity index (χ0v) is 15.5. The summed E-state index contributed by atoms with van der Waals surface area (Å²) >= 11 is 0. The molecule has 5 unspecified atom stereocenters. The summed E-state index contributed by atoms with van der Waals surface area (Å²) in [6, 6.07) is -2.51. The lowest BCUT2D eigenvalue weighted by molar-refractivity contribution is -0.158. The fourth-order valence-corrected chi connectivity index (χ4v) is 3.67. The third kappa shape index (κ3) is 5.53. The Hall–Kier alpha value is -1.91. The number of aliphatic hydroxyl groups excluding tert-OH is 2. The fraction of sp³-hybridized carbons (Fsp3) is 0.824. The number of hydrogen-bond acceptors (Lipinski definition) is 6. The first kappa shape index (κ1) is 21.4. The normalized spacial score (nSPS) is 33.0. The first-order valence-corrected chi connectivity index (χ1v) is 9.38. The Labute approximate surface area is 157 Å². The molecule has 0 radical (unpaired) electrons. The van der Waals surface area contributed by atoms with Crippen molar-refractivity contribution in [3.8, 4) is 0 Å². The molecule has 2 aliphatic carbocycles. The summed E-state index contributed by atoms with van der Waals surface area (Å²) in [7, 11) is 0. The second-order valence-electron chi connectivity index (χ2n) is 7.65. The van der Waals surface area contributed by atoms with Crippen LogP contribution in [-0.2, 0) is 9.59 Å². The van der Waals surface area contributed by atoms with Crippen LogP contribution in [0.2, 0.25) is 0 Å². The zero-order chi connectivity index (χ0) is 20.2. The molecule has 0 spiro atoms. The lowest BCUT2D eigenvalue weighted by atomic mass is 9.77. The van der Waals surface area contributed by atoms with E-state index in [4.69, 9.17) is 5.73 Å². The van der Waals surface area contributed by atoms with Crippen LogP contribution in [0.4, 0.5) is 4.79 Å². The Bertz CT molecular complexity index is 568. The highest BCUT2D eigenvalue weighted by Crippen LogP contribution is 2.30. The molecule has 2 saturated carbocycles. The van der Waals surface area contributed by atoms with Gasteiger partial charge < -0.3 is 37.0 Å². The van der Waals surface area contributed by atoms with Gasteiger partial charge in [0.2, 0.25) is 5.91 Å². The molecule has 10 heteroatoms. The van der Waals surface area contributed by atoms with Crippen LogP contribution >= 0.6 is 0 Å². The minimum atomic E-state index is -2.05. The van der Waals surface area contributed by atoms with Crippen molar-refractivity contribution in [1.82, 2.24) is 16.0 Å². The molecule has 2 aliphatic rings. The van der Waals surface area contributed by atoms with E-state index in [1.165, 1.54) is 6.92 Å². The average Bonchev–Trinajstić information content (AvgIpc) is 2.59. The Balaban J connectivity index is 1.99. The van der Waals surface area contributed by atoms with Gasteiger partial charge in [-0.2, -0.15) is 0 Å². The number of carbonyl (C=O) groups excluding carboxylic acids is 3. The Morgan fingerprint density at radius 1 is 1.07 bits per heavy atom. The number of aliphatic hydroxyl groups is 3. The van der Waals surface area contributed by atoms with Crippen LogP contribution in [0.1, 0.15) is 51.9 Å². The highest BCUT2D eigenvalue weighted by atomic mass is 16.3. The van der Waals surface area contributed by atoms with Gasteiger partial charge in [0, 0.05) is 18.9 Å². The molecule has 0 aliphatic heterocycles. The van der Waals surface area contributed by atoms with E-state index in [2.05, 4.69) is 16.0 Å². The van der Waals surface area contributed by atoms with Gasteiger partial charge in [-0.25, -0.2) is 4.79 Å². The van der Waals surface area contributed by atoms with E-state index in [1.54, 1.807) is 0 Å². The van der Waals surface area contributed by atoms with Crippen molar-refractivity contribution in [3.05, 3.63) is 0 Å². The van der Waals surface area contributed by atoms with Crippen LogP contribution in [0.3, 0.4) is 0 Å². The van der Waals surface area contributed by atoms with Crippen molar-refractivity contribution >= 4 is 17.8 Å². The lowest BCUT2D eigenvalue weighted by Gasteiger charge is -2.41. The van der Waals surface area contributed by atoms with Gasteiger partial charge in [0.25, 0.3) is 5.91 Å². The first-order chi connectivity index (χ1) is 12.6. The summed E-state index contributed by atoms with van der Waals surface area (Å²) in [6.45, 7) is 1.37. The molecule has 0 saturated heterocycles. The number of amides is 4. The zero-order valence-electron chi connectivity index (χ0n) is 15.5. The quantitative estimate of drug-likeness (QED) is 0.294. The molecular weight excluding hydrogens is 356 g/mol. The Morgan fingerprint density at radius 3 is 2.30 bits per heavy atom. The van der Waals surface area contributed by atoms with E-state index in [0.717, 1.165) is 32.1 Å². The second kappa shape index (κ2) is 8.85. The van der Waals surface area contributed by atoms with Crippen LogP contribution in [0.15, 0.2) is 0 Å². The molecule has 0 aromatic carbocycles. The number of rotatable bonds is 5. The molecule has 0 aromatic heterocycles. The van der Waals surface area contributed by atoms with E-state index in [-0.39, 0.29) is 12.5 Å². The monoisotopic (exact) mass is 386 g/mol. The Morgan fingerprint density at radius 2 is 1.70 bits per heavy atom. The molecule has 2 rings (SSSR count). The first-order valence-electron chi connectivity index (χ1n) is 9.38. The summed E-state index contributed by atoms with van der Waals surface area (Å²) in [5, 5.41) is 38.5. The summed E-state index contributed by atoms with van der Waals surface area (Å²) in [5.41, 5.74) is 3.05. The van der Waals surface area contributed by atoms with Gasteiger partial charge >= 0.3 is 6.03 Å². The molecule has 4 amide bonds. The minimum Gasteiger partial charge on any atom is -0.390 e. The summed E-state index contributed by atoms with van der Waals surface area (Å²) in [6.07, 6.45) is 1.48. The standard InChI is InChI=1S/C17H30N4O6/c1-9(14(18)24)19-15(25)17(27)7-11(13(23)12(22)8-17)21-16(26)20-10-5-3-2-4-6-10/h9-13,22-23,27H,2-8H2,1H3,(H2,18,24)(H,19,25)(H2,20,21,26). The molecule has 154 valence electrons. The van der Waals surface area contributed by atoms with Gasteiger partial charge in [0.15, 0.2) is 0 Å². The van der Waals surface area contributed by atoms with Crippen molar-refractivity contribution in [1.29, 1.82) is 0 Å². The van der Waals surface area contributed by atoms with Gasteiger partial charge in [-0.15, -0.1) is 0 Å². The van der Waals surface area contributed by atoms with E-state index in [0.29, 0.717) is 0 Å². The number of nitrogens with one attached hydrogen (secondary N) is 3. The minimum absolute atomic E-state index is 0.0444. The molecule has 0 heterocycles. The molecule has 2 fully saturated rings. The third-order valence-electron chi connectivity index (χ3n) is 5.36. The maximum Gasteiger partial charge on any atom is 0.315 e. The SMILES string of the molecule is CC(NC(=O)C1(O)CC(O)C(O)C(NC(=O)NC2CCCCC2)C1)C(N)=O. The largest absolute Gasteiger partial charge is 0.390 e. The van der Waals surface area contributed by atoms with E-state index >= 15 is 0 Å². The van der Waals surface area contributed by atoms with Crippen LogP contribution in [0.5, 0.6) is 0 Å².